The van der Waals surface area contributed by atoms with Crippen molar-refractivity contribution in [3.05, 3.63) is 64.4 Å². The molecule has 0 saturated carbocycles. The van der Waals surface area contributed by atoms with Crippen LogP contribution >= 0.6 is 11.6 Å². The monoisotopic (exact) mass is 297 g/mol. The van der Waals surface area contributed by atoms with Gasteiger partial charge in [-0.1, -0.05) is 35.9 Å². The Morgan fingerprint density at radius 3 is 2.58 bits per heavy atom. The molecule has 0 heterocycles. The second-order valence-electron chi connectivity index (χ2n) is 4.09. The summed E-state index contributed by atoms with van der Waals surface area (Å²) in [5.41, 5.74) is 7.49. The minimum Gasteiger partial charge on any atom is -0.326 e. The Hall–Kier alpha value is -1.23. The van der Waals surface area contributed by atoms with Crippen LogP contribution in [0.25, 0.3) is 0 Å². The Balaban J connectivity index is 2.18. The smallest absolute Gasteiger partial charge is 0.141 e. The molecule has 5 heteroatoms. The lowest BCUT2D eigenvalue weighted by Gasteiger charge is -2.05. The lowest BCUT2D eigenvalue weighted by molar-refractivity contribution is 0.626. The Kier molecular flexibility index (Phi) is 4.69. The van der Waals surface area contributed by atoms with Crippen LogP contribution in [0.1, 0.15) is 11.1 Å². The van der Waals surface area contributed by atoms with Crippen molar-refractivity contribution in [2.45, 2.75) is 17.2 Å². The fourth-order valence-corrected chi connectivity index (χ4v) is 3.06. The fourth-order valence-electron chi connectivity index (χ4n) is 1.70. The van der Waals surface area contributed by atoms with Crippen LogP contribution in [-0.4, -0.2) is 4.21 Å². The van der Waals surface area contributed by atoms with E-state index in [1.54, 1.807) is 0 Å². The maximum absolute atomic E-state index is 13.0. The minimum atomic E-state index is -1.26. The van der Waals surface area contributed by atoms with E-state index in [-0.39, 0.29) is 5.02 Å². The second kappa shape index (κ2) is 6.28. The third-order valence-corrected chi connectivity index (χ3v) is 4.34. The van der Waals surface area contributed by atoms with Crippen LogP contribution in [0.3, 0.4) is 0 Å². The molecule has 2 N–H and O–H groups in total. The molecule has 0 spiro atoms. The summed E-state index contributed by atoms with van der Waals surface area (Å²) in [6, 6.07) is 11.7. The average Bonchev–Trinajstić information content (AvgIpc) is 2.42. The van der Waals surface area contributed by atoms with Crippen LogP contribution in [-0.2, 0) is 23.1 Å². The van der Waals surface area contributed by atoms with Crippen LogP contribution in [0, 0.1) is 5.82 Å². The van der Waals surface area contributed by atoms with Gasteiger partial charge in [-0.15, -0.1) is 0 Å². The van der Waals surface area contributed by atoms with Gasteiger partial charge in [-0.3, -0.25) is 4.21 Å². The van der Waals surface area contributed by atoms with Crippen molar-refractivity contribution in [3.8, 4) is 0 Å². The first kappa shape index (κ1) is 14.2. The van der Waals surface area contributed by atoms with Gasteiger partial charge in [0.25, 0.3) is 0 Å². The SMILES string of the molecule is NCc1cccc(CS(=O)c2ccc(F)c(Cl)c2)c1. The van der Waals surface area contributed by atoms with Gasteiger partial charge in [-0.2, -0.15) is 0 Å². The largest absolute Gasteiger partial charge is 0.326 e. The summed E-state index contributed by atoms with van der Waals surface area (Å²) in [7, 11) is -1.26. The number of nitrogens with two attached hydrogens (primary N) is 1. The highest BCUT2D eigenvalue weighted by molar-refractivity contribution is 7.84. The van der Waals surface area contributed by atoms with E-state index in [9.17, 15) is 8.60 Å². The summed E-state index contributed by atoms with van der Waals surface area (Å²) in [5.74, 6) is -0.150. The fraction of sp³-hybridized carbons (Fsp3) is 0.143. The molecule has 100 valence electrons. The third-order valence-electron chi connectivity index (χ3n) is 2.68. The molecule has 2 nitrogen and oxygen atoms in total. The zero-order valence-electron chi connectivity index (χ0n) is 10.1. The number of rotatable bonds is 4. The number of halogens is 2. The molecule has 0 aliphatic carbocycles. The van der Waals surface area contributed by atoms with Gasteiger partial charge in [0.2, 0.25) is 0 Å². The van der Waals surface area contributed by atoms with E-state index in [0.29, 0.717) is 17.2 Å². The van der Waals surface area contributed by atoms with Crippen molar-refractivity contribution in [2.75, 3.05) is 0 Å². The summed E-state index contributed by atoms with van der Waals surface area (Å²) >= 11 is 5.68. The van der Waals surface area contributed by atoms with Gasteiger partial charge < -0.3 is 5.73 Å². The molecule has 2 aromatic rings. The molecule has 2 rings (SSSR count). The molecule has 0 aromatic heterocycles. The first-order chi connectivity index (χ1) is 9.10. The Bertz CT molecular complexity index is 618. The van der Waals surface area contributed by atoms with Gasteiger partial charge in [0.1, 0.15) is 5.82 Å². The van der Waals surface area contributed by atoms with E-state index < -0.39 is 16.6 Å². The first-order valence-corrected chi connectivity index (χ1v) is 7.41. The molecule has 0 fully saturated rings. The standard InChI is InChI=1S/C14H13ClFNOS/c15-13-7-12(4-5-14(13)16)19(18)9-11-3-1-2-10(6-11)8-17/h1-7H,8-9,17H2. The molecule has 0 aliphatic heterocycles. The molecule has 0 radical (unpaired) electrons. The van der Waals surface area contributed by atoms with Crippen LogP contribution in [0.4, 0.5) is 4.39 Å². The maximum atomic E-state index is 13.0. The summed E-state index contributed by atoms with van der Waals surface area (Å²) in [4.78, 5) is 0.518. The molecule has 0 bridgehead atoms. The molecule has 1 unspecified atom stereocenters. The third kappa shape index (κ3) is 3.62. The minimum absolute atomic E-state index is 0.0124. The van der Waals surface area contributed by atoms with Gasteiger partial charge in [0.15, 0.2) is 0 Å². The van der Waals surface area contributed by atoms with Crippen LogP contribution in [0.15, 0.2) is 47.4 Å². The number of benzene rings is 2. The summed E-state index contributed by atoms with van der Waals surface area (Å²) in [5, 5.41) is -0.0124. The normalized spacial score (nSPS) is 12.4. The predicted molar refractivity (Wildman–Crippen MR) is 75.9 cm³/mol. The Morgan fingerprint density at radius 2 is 1.89 bits per heavy atom. The first-order valence-electron chi connectivity index (χ1n) is 5.71. The Labute approximate surface area is 118 Å². The predicted octanol–water partition coefficient (Wildman–Crippen LogP) is 3.25. The number of hydrogen-bond acceptors (Lipinski definition) is 2. The molecule has 2 aromatic carbocycles. The highest BCUT2D eigenvalue weighted by Gasteiger charge is 2.08. The van der Waals surface area contributed by atoms with Crippen LogP contribution in [0.5, 0.6) is 0 Å². The van der Waals surface area contributed by atoms with Crippen LogP contribution < -0.4 is 5.73 Å². The topological polar surface area (TPSA) is 43.1 Å². The van der Waals surface area contributed by atoms with Crippen molar-refractivity contribution in [1.82, 2.24) is 0 Å². The van der Waals surface area contributed by atoms with E-state index in [2.05, 4.69) is 0 Å². The highest BCUT2D eigenvalue weighted by atomic mass is 35.5. The molecule has 0 saturated heterocycles. The van der Waals surface area contributed by atoms with Crippen molar-refractivity contribution in [3.63, 3.8) is 0 Å². The molecule has 0 amide bonds. The molecular formula is C14H13ClFNOS. The molecule has 19 heavy (non-hydrogen) atoms. The average molecular weight is 298 g/mol. The maximum Gasteiger partial charge on any atom is 0.141 e. The Morgan fingerprint density at radius 1 is 1.16 bits per heavy atom. The zero-order chi connectivity index (χ0) is 13.8. The second-order valence-corrected chi connectivity index (χ2v) is 5.95. The van der Waals surface area contributed by atoms with Crippen molar-refractivity contribution in [2.24, 2.45) is 5.73 Å². The number of hydrogen-bond donors (Lipinski definition) is 1. The van der Waals surface area contributed by atoms with Crippen molar-refractivity contribution in [1.29, 1.82) is 0 Å². The van der Waals surface area contributed by atoms with E-state index in [0.717, 1.165) is 11.1 Å². The van der Waals surface area contributed by atoms with Gasteiger partial charge in [0, 0.05) is 11.4 Å². The van der Waals surface area contributed by atoms with Gasteiger partial charge >= 0.3 is 0 Å². The lowest BCUT2D eigenvalue weighted by Crippen LogP contribution is -2.00. The molecule has 0 aliphatic rings. The van der Waals surface area contributed by atoms with Gasteiger partial charge in [-0.05, 0) is 29.3 Å². The summed E-state index contributed by atoms with van der Waals surface area (Å²) in [6.45, 7) is 0.447. The van der Waals surface area contributed by atoms with Crippen LogP contribution in [0.2, 0.25) is 5.02 Å². The summed E-state index contributed by atoms with van der Waals surface area (Å²) in [6.07, 6.45) is 0. The summed E-state index contributed by atoms with van der Waals surface area (Å²) < 4.78 is 25.2. The quantitative estimate of drug-likeness (QED) is 0.941. The van der Waals surface area contributed by atoms with E-state index in [1.165, 1.54) is 18.2 Å². The molecular weight excluding hydrogens is 285 g/mol. The van der Waals surface area contributed by atoms with Crippen molar-refractivity contribution >= 4 is 22.4 Å². The van der Waals surface area contributed by atoms with E-state index in [4.69, 9.17) is 17.3 Å². The van der Waals surface area contributed by atoms with Gasteiger partial charge in [0.05, 0.1) is 21.6 Å². The lowest BCUT2D eigenvalue weighted by atomic mass is 10.1. The highest BCUT2D eigenvalue weighted by Crippen LogP contribution is 2.20. The van der Waals surface area contributed by atoms with E-state index in [1.807, 2.05) is 24.3 Å². The van der Waals surface area contributed by atoms with E-state index >= 15 is 0 Å². The molecule has 1 atom stereocenters. The van der Waals surface area contributed by atoms with Crippen molar-refractivity contribution < 1.29 is 8.60 Å². The van der Waals surface area contributed by atoms with Gasteiger partial charge in [-0.25, -0.2) is 4.39 Å². The zero-order valence-corrected chi connectivity index (χ0v) is 11.7.